The Kier molecular flexibility index (Phi) is 6.60. The van der Waals surface area contributed by atoms with Crippen LogP contribution in [0.4, 0.5) is 0 Å². The standard InChI is InChI=1S/C30H27N/c1-23(28-5-3-2-4-6-28)21-26-15-19-30(20-16-26)29-17-13-25(14-18-29)8-7-24-9-11-27(22-31)12-10-24/h2-6,9-20,23H,7-8,21H2,1H3/t23-/m0/s1. The Morgan fingerprint density at radius 3 is 1.61 bits per heavy atom. The maximum absolute atomic E-state index is 8.91. The minimum atomic E-state index is 0.516. The van der Waals surface area contributed by atoms with Crippen LogP contribution in [-0.2, 0) is 19.3 Å². The van der Waals surface area contributed by atoms with Gasteiger partial charge in [0.25, 0.3) is 0 Å². The van der Waals surface area contributed by atoms with Crippen molar-refractivity contribution in [1.82, 2.24) is 0 Å². The van der Waals surface area contributed by atoms with Crippen molar-refractivity contribution in [3.63, 3.8) is 0 Å². The number of benzene rings is 4. The van der Waals surface area contributed by atoms with Crippen LogP contribution in [0.3, 0.4) is 0 Å². The van der Waals surface area contributed by atoms with E-state index in [0.717, 1.165) is 19.3 Å². The zero-order chi connectivity index (χ0) is 21.5. The van der Waals surface area contributed by atoms with Gasteiger partial charge in [-0.1, -0.05) is 97.9 Å². The number of nitriles is 1. The van der Waals surface area contributed by atoms with Crippen molar-refractivity contribution in [1.29, 1.82) is 5.26 Å². The molecule has 0 aliphatic heterocycles. The number of hydrogen-bond acceptors (Lipinski definition) is 1. The Morgan fingerprint density at radius 1 is 0.613 bits per heavy atom. The van der Waals surface area contributed by atoms with Gasteiger partial charge in [-0.15, -0.1) is 0 Å². The normalized spacial score (nSPS) is 11.6. The molecule has 0 spiro atoms. The van der Waals surface area contributed by atoms with Gasteiger partial charge >= 0.3 is 0 Å². The Bertz CT molecular complexity index is 1130. The summed E-state index contributed by atoms with van der Waals surface area (Å²) in [6, 6.07) is 38.6. The average Bonchev–Trinajstić information content (AvgIpc) is 2.84. The summed E-state index contributed by atoms with van der Waals surface area (Å²) in [5.41, 5.74) is 8.60. The SMILES string of the molecule is C[C@@H](Cc1ccc(-c2ccc(CCc3ccc(C#N)cc3)cc2)cc1)c1ccccc1. The second-order valence-electron chi connectivity index (χ2n) is 8.22. The summed E-state index contributed by atoms with van der Waals surface area (Å²) >= 11 is 0. The Hall–Kier alpha value is -3.63. The molecule has 4 rings (SSSR count). The number of aryl methyl sites for hydroxylation is 2. The van der Waals surface area contributed by atoms with E-state index in [0.29, 0.717) is 11.5 Å². The molecule has 0 heterocycles. The minimum Gasteiger partial charge on any atom is -0.192 e. The molecule has 0 fully saturated rings. The topological polar surface area (TPSA) is 23.8 Å². The fourth-order valence-electron chi connectivity index (χ4n) is 3.98. The van der Waals surface area contributed by atoms with Crippen molar-refractivity contribution >= 4 is 0 Å². The third kappa shape index (κ3) is 5.50. The zero-order valence-electron chi connectivity index (χ0n) is 18.0. The van der Waals surface area contributed by atoms with Gasteiger partial charge in [-0.25, -0.2) is 0 Å². The van der Waals surface area contributed by atoms with Gasteiger partial charge in [-0.2, -0.15) is 5.26 Å². The number of rotatable bonds is 7. The predicted octanol–water partition coefficient (Wildman–Crippen LogP) is 7.36. The van der Waals surface area contributed by atoms with E-state index in [2.05, 4.69) is 91.9 Å². The van der Waals surface area contributed by atoms with E-state index < -0.39 is 0 Å². The van der Waals surface area contributed by atoms with Gasteiger partial charge in [0.1, 0.15) is 0 Å². The van der Waals surface area contributed by atoms with Gasteiger partial charge < -0.3 is 0 Å². The van der Waals surface area contributed by atoms with Crippen LogP contribution < -0.4 is 0 Å². The molecule has 4 aromatic carbocycles. The van der Waals surface area contributed by atoms with Crippen molar-refractivity contribution in [2.24, 2.45) is 0 Å². The first-order chi connectivity index (χ1) is 15.2. The van der Waals surface area contributed by atoms with Gasteiger partial charge in [0, 0.05) is 0 Å². The van der Waals surface area contributed by atoms with Crippen LogP contribution in [0.5, 0.6) is 0 Å². The van der Waals surface area contributed by atoms with Crippen LogP contribution in [0.2, 0.25) is 0 Å². The minimum absolute atomic E-state index is 0.516. The maximum Gasteiger partial charge on any atom is 0.0991 e. The van der Waals surface area contributed by atoms with Crippen molar-refractivity contribution in [3.8, 4) is 17.2 Å². The van der Waals surface area contributed by atoms with Crippen LogP contribution in [-0.4, -0.2) is 0 Å². The monoisotopic (exact) mass is 401 g/mol. The summed E-state index contributed by atoms with van der Waals surface area (Å²) < 4.78 is 0. The first kappa shape index (κ1) is 20.6. The highest BCUT2D eigenvalue weighted by atomic mass is 14.2. The van der Waals surface area contributed by atoms with Crippen LogP contribution in [0, 0.1) is 11.3 Å². The van der Waals surface area contributed by atoms with Crippen LogP contribution in [0.15, 0.2) is 103 Å². The van der Waals surface area contributed by atoms with Gasteiger partial charge in [0.15, 0.2) is 0 Å². The van der Waals surface area contributed by atoms with Crippen molar-refractivity contribution in [2.75, 3.05) is 0 Å². The van der Waals surface area contributed by atoms with Crippen LogP contribution in [0.1, 0.15) is 40.7 Å². The highest BCUT2D eigenvalue weighted by molar-refractivity contribution is 5.64. The second-order valence-corrected chi connectivity index (χ2v) is 8.22. The summed E-state index contributed by atoms with van der Waals surface area (Å²) in [5, 5.41) is 8.91. The summed E-state index contributed by atoms with van der Waals surface area (Å²) in [4.78, 5) is 0. The predicted molar refractivity (Wildman–Crippen MR) is 129 cm³/mol. The molecule has 0 saturated heterocycles. The molecular weight excluding hydrogens is 374 g/mol. The highest BCUT2D eigenvalue weighted by Gasteiger charge is 2.07. The molecule has 0 saturated carbocycles. The molecule has 0 N–H and O–H groups in total. The van der Waals surface area contributed by atoms with Crippen molar-refractivity contribution < 1.29 is 0 Å². The molecule has 0 aromatic heterocycles. The third-order valence-electron chi connectivity index (χ3n) is 5.94. The van der Waals surface area contributed by atoms with E-state index in [1.807, 2.05) is 24.3 Å². The smallest absolute Gasteiger partial charge is 0.0991 e. The van der Waals surface area contributed by atoms with Gasteiger partial charge in [-0.3, -0.25) is 0 Å². The third-order valence-corrected chi connectivity index (χ3v) is 5.94. The number of hydrogen-bond donors (Lipinski definition) is 0. The van der Waals surface area contributed by atoms with E-state index in [4.69, 9.17) is 5.26 Å². The molecule has 0 unspecified atom stereocenters. The van der Waals surface area contributed by atoms with E-state index in [1.165, 1.54) is 33.4 Å². The van der Waals surface area contributed by atoms with E-state index in [1.54, 1.807) is 0 Å². The van der Waals surface area contributed by atoms with Gasteiger partial charge in [-0.05, 0) is 70.7 Å². The molecule has 1 nitrogen and oxygen atoms in total. The van der Waals surface area contributed by atoms with E-state index >= 15 is 0 Å². The summed E-state index contributed by atoms with van der Waals surface area (Å²) in [6.07, 6.45) is 3.04. The maximum atomic E-state index is 8.91. The molecule has 0 aliphatic carbocycles. The van der Waals surface area contributed by atoms with Gasteiger partial charge in [0.05, 0.1) is 11.6 Å². The lowest BCUT2D eigenvalue weighted by molar-refractivity contribution is 0.759. The summed E-state index contributed by atoms with van der Waals surface area (Å²) in [5.74, 6) is 0.516. The fraction of sp³-hybridized carbons (Fsp3) is 0.167. The summed E-state index contributed by atoms with van der Waals surface area (Å²) in [6.45, 7) is 2.29. The lowest BCUT2D eigenvalue weighted by atomic mass is 9.93. The Balaban J connectivity index is 1.35. The molecule has 0 aliphatic rings. The second kappa shape index (κ2) is 9.92. The first-order valence-electron chi connectivity index (χ1n) is 10.9. The Morgan fingerprint density at radius 2 is 1.10 bits per heavy atom. The molecule has 0 radical (unpaired) electrons. The number of nitrogens with zero attached hydrogens (tertiary/aromatic N) is 1. The van der Waals surface area contributed by atoms with Crippen molar-refractivity contribution in [3.05, 3.63) is 131 Å². The summed E-state index contributed by atoms with van der Waals surface area (Å²) in [7, 11) is 0. The molecule has 152 valence electrons. The molecule has 1 heteroatoms. The van der Waals surface area contributed by atoms with Gasteiger partial charge in [0.2, 0.25) is 0 Å². The highest BCUT2D eigenvalue weighted by Crippen LogP contribution is 2.24. The first-order valence-corrected chi connectivity index (χ1v) is 10.9. The van der Waals surface area contributed by atoms with Crippen LogP contribution >= 0.6 is 0 Å². The largest absolute Gasteiger partial charge is 0.192 e. The Labute approximate surface area is 185 Å². The molecule has 1 atom stereocenters. The van der Waals surface area contributed by atoms with E-state index in [9.17, 15) is 0 Å². The average molecular weight is 402 g/mol. The van der Waals surface area contributed by atoms with Crippen LogP contribution in [0.25, 0.3) is 11.1 Å². The lowest BCUT2D eigenvalue weighted by Gasteiger charge is -2.12. The fourth-order valence-corrected chi connectivity index (χ4v) is 3.98. The molecule has 31 heavy (non-hydrogen) atoms. The quantitative estimate of drug-likeness (QED) is 0.317. The van der Waals surface area contributed by atoms with E-state index in [-0.39, 0.29) is 0 Å². The zero-order valence-corrected chi connectivity index (χ0v) is 18.0. The lowest BCUT2D eigenvalue weighted by Crippen LogP contribution is -1.98. The molecule has 0 amide bonds. The molecule has 4 aromatic rings. The molecule has 0 bridgehead atoms. The van der Waals surface area contributed by atoms with Crippen molar-refractivity contribution in [2.45, 2.75) is 32.1 Å². The molecular formula is C30H27N.